The molecule has 1 aliphatic rings. The van der Waals surface area contributed by atoms with E-state index in [1.807, 2.05) is 45.0 Å². The molecule has 2 amide bonds. The molecule has 0 bridgehead atoms. The van der Waals surface area contributed by atoms with E-state index in [0.29, 0.717) is 19.4 Å². The first-order valence-corrected chi connectivity index (χ1v) is 11.8. The molecule has 0 radical (unpaired) electrons. The lowest BCUT2D eigenvalue weighted by atomic mass is 9.96. The zero-order chi connectivity index (χ0) is 24.9. The van der Waals surface area contributed by atoms with E-state index in [0.717, 1.165) is 22.3 Å². The van der Waals surface area contributed by atoms with E-state index >= 15 is 0 Å². The standard InChI is InChI=1S/C27H34N2O5/c1-5-27(4,25(32)29(18(2)3)16-10-15-24(30)31)28-26(33)34-17-23-21-13-8-6-11-19(21)20-12-7-9-14-22(20)23/h6-9,11-14,18,23H,5,10,15-17H2,1-4H3,(H,28,33)(H,30,31). The SMILES string of the molecule is CCC(C)(NC(=O)OCC1c2ccccc2-c2ccccc21)C(=O)N(CCCC(=O)O)C(C)C. The van der Waals surface area contributed by atoms with E-state index in [2.05, 4.69) is 29.6 Å². The topological polar surface area (TPSA) is 95.9 Å². The van der Waals surface area contributed by atoms with Crippen LogP contribution in [0.1, 0.15) is 64.0 Å². The van der Waals surface area contributed by atoms with E-state index in [1.165, 1.54) is 0 Å². The van der Waals surface area contributed by atoms with Crippen LogP contribution in [0.3, 0.4) is 0 Å². The van der Waals surface area contributed by atoms with Gasteiger partial charge in [0.15, 0.2) is 0 Å². The fraction of sp³-hybridized carbons (Fsp3) is 0.444. The van der Waals surface area contributed by atoms with E-state index < -0.39 is 17.6 Å². The third-order valence-corrected chi connectivity index (χ3v) is 6.57. The summed E-state index contributed by atoms with van der Waals surface area (Å²) in [5.74, 6) is -1.21. The average molecular weight is 467 g/mol. The summed E-state index contributed by atoms with van der Waals surface area (Å²) in [4.78, 5) is 38.7. The predicted molar refractivity (Wildman–Crippen MR) is 131 cm³/mol. The first kappa shape index (κ1) is 25.3. The second-order valence-electron chi connectivity index (χ2n) is 9.23. The van der Waals surface area contributed by atoms with Gasteiger partial charge in [-0.05, 0) is 55.9 Å². The van der Waals surface area contributed by atoms with Gasteiger partial charge in [0.25, 0.3) is 0 Å². The number of nitrogens with zero attached hydrogens (tertiary/aromatic N) is 1. The summed E-state index contributed by atoms with van der Waals surface area (Å²) in [5, 5.41) is 11.7. The maximum Gasteiger partial charge on any atom is 0.408 e. The predicted octanol–water partition coefficient (Wildman–Crippen LogP) is 4.80. The lowest BCUT2D eigenvalue weighted by Gasteiger charge is -2.36. The van der Waals surface area contributed by atoms with Gasteiger partial charge in [-0.25, -0.2) is 4.79 Å². The highest BCUT2D eigenvalue weighted by molar-refractivity contribution is 5.90. The molecule has 1 unspecified atom stereocenters. The Labute approximate surface area is 201 Å². The summed E-state index contributed by atoms with van der Waals surface area (Å²) in [6.07, 6.45) is 0.0650. The highest BCUT2D eigenvalue weighted by Crippen LogP contribution is 2.44. The minimum Gasteiger partial charge on any atom is -0.481 e. The summed E-state index contributed by atoms with van der Waals surface area (Å²) in [6.45, 7) is 7.75. The molecule has 1 atom stereocenters. The van der Waals surface area contributed by atoms with Gasteiger partial charge in [0.2, 0.25) is 5.91 Å². The number of benzene rings is 2. The Bertz CT molecular complexity index is 1010. The van der Waals surface area contributed by atoms with E-state index in [1.54, 1.807) is 11.8 Å². The summed E-state index contributed by atoms with van der Waals surface area (Å²) >= 11 is 0. The molecule has 7 nitrogen and oxygen atoms in total. The van der Waals surface area contributed by atoms with Crippen LogP contribution in [0.25, 0.3) is 11.1 Å². The van der Waals surface area contributed by atoms with Crippen molar-refractivity contribution in [2.45, 2.75) is 64.5 Å². The maximum absolute atomic E-state index is 13.3. The van der Waals surface area contributed by atoms with E-state index in [9.17, 15) is 14.4 Å². The number of hydrogen-bond donors (Lipinski definition) is 2. The van der Waals surface area contributed by atoms with Gasteiger partial charge in [-0.2, -0.15) is 0 Å². The van der Waals surface area contributed by atoms with E-state index in [4.69, 9.17) is 9.84 Å². The molecule has 0 spiro atoms. The van der Waals surface area contributed by atoms with Crippen LogP contribution >= 0.6 is 0 Å². The molecule has 7 heteroatoms. The molecule has 0 saturated carbocycles. The van der Waals surface area contributed by atoms with Crippen LogP contribution in [0.2, 0.25) is 0 Å². The average Bonchev–Trinajstić information content (AvgIpc) is 3.13. The number of carbonyl (C=O) groups excluding carboxylic acids is 2. The number of ether oxygens (including phenoxy) is 1. The van der Waals surface area contributed by atoms with Crippen LogP contribution in [0.4, 0.5) is 4.79 Å². The molecule has 2 N–H and O–H groups in total. The van der Waals surface area contributed by atoms with Gasteiger partial charge >= 0.3 is 12.1 Å². The molecule has 0 fully saturated rings. The summed E-state index contributed by atoms with van der Waals surface area (Å²) in [7, 11) is 0. The van der Waals surface area contributed by atoms with Crippen LogP contribution in [0.15, 0.2) is 48.5 Å². The molecular weight excluding hydrogens is 432 g/mol. The molecule has 0 aliphatic heterocycles. The Morgan fingerprint density at radius 1 is 1.06 bits per heavy atom. The Morgan fingerprint density at radius 3 is 2.12 bits per heavy atom. The number of carbonyl (C=O) groups is 3. The van der Waals surface area contributed by atoms with Crippen molar-refractivity contribution in [3.63, 3.8) is 0 Å². The molecule has 0 heterocycles. The second kappa shape index (κ2) is 10.7. The second-order valence-corrected chi connectivity index (χ2v) is 9.23. The molecular formula is C27H34N2O5. The number of aliphatic carboxylic acids is 1. The van der Waals surface area contributed by atoms with Crippen molar-refractivity contribution in [2.24, 2.45) is 0 Å². The quantitative estimate of drug-likeness (QED) is 0.525. The third-order valence-electron chi connectivity index (χ3n) is 6.57. The number of amides is 2. The van der Waals surface area contributed by atoms with Crippen molar-refractivity contribution in [3.05, 3.63) is 59.7 Å². The van der Waals surface area contributed by atoms with Gasteiger partial charge in [-0.1, -0.05) is 55.5 Å². The van der Waals surface area contributed by atoms with Gasteiger partial charge in [0.1, 0.15) is 12.1 Å². The van der Waals surface area contributed by atoms with Gasteiger partial charge in [0, 0.05) is 24.9 Å². The minimum atomic E-state index is -1.16. The molecule has 2 aromatic carbocycles. The lowest BCUT2D eigenvalue weighted by molar-refractivity contribution is -0.141. The Morgan fingerprint density at radius 2 is 1.62 bits per heavy atom. The number of fused-ring (bicyclic) bond motifs is 3. The largest absolute Gasteiger partial charge is 0.481 e. The van der Waals surface area contributed by atoms with Crippen molar-refractivity contribution < 1.29 is 24.2 Å². The number of nitrogens with one attached hydrogen (secondary N) is 1. The molecule has 1 aliphatic carbocycles. The molecule has 3 rings (SSSR count). The number of alkyl carbamates (subject to hydrolysis) is 1. The highest BCUT2D eigenvalue weighted by atomic mass is 16.5. The number of hydrogen-bond acceptors (Lipinski definition) is 4. The van der Waals surface area contributed by atoms with Crippen molar-refractivity contribution in [3.8, 4) is 11.1 Å². The van der Waals surface area contributed by atoms with Crippen molar-refractivity contribution in [1.82, 2.24) is 10.2 Å². The van der Waals surface area contributed by atoms with Crippen molar-refractivity contribution >= 4 is 18.0 Å². The van der Waals surface area contributed by atoms with Gasteiger partial charge in [-0.15, -0.1) is 0 Å². The normalized spacial score (nSPS) is 14.1. The van der Waals surface area contributed by atoms with Crippen LogP contribution in [-0.4, -0.2) is 52.7 Å². The Hall–Kier alpha value is -3.35. The third kappa shape index (κ3) is 5.41. The molecule has 0 saturated heterocycles. The Kier molecular flexibility index (Phi) is 7.97. The Balaban J connectivity index is 1.68. The van der Waals surface area contributed by atoms with Crippen LogP contribution in [0, 0.1) is 0 Å². The van der Waals surface area contributed by atoms with Crippen molar-refractivity contribution in [2.75, 3.05) is 13.2 Å². The van der Waals surface area contributed by atoms with E-state index in [-0.39, 0.29) is 30.9 Å². The monoisotopic (exact) mass is 466 g/mol. The van der Waals surface area contributed by atoms with Crippen LogP contribution in [-0.2, 0) is 14.3 Å². The summed E-state index contributed by atoms with van der Waals surface area (Å²) < 4.78 is 5.64. The summed E-state index contributed by atoms with van der Waals surface area (Å²) in [6, 6.07) is 16.1. The molecule has 0 aromatic heterocycles. The fourth-order valence-electron chi connectivity index (χ4n) is 4.46. The van der Waals surface area contributed by atoms with Crippen LogP contribution < -0.4 is 5.32 Å². The fourth-order valence-corrected chi connectivity index (χ4v) is 4.46. The highest BCUT2D eigenvalue weighted by Gasteiger charge is 2.38. The van der Waals surface area contributed by atoms with Crippen molar-refractivity contribution in [1.29, 1.82) is 0 Å². The van der Waals surface area contributed by atoms with Crippen LogP contribution in [0.5, 0.6) is 0 Å². The number of rotatable bonds is 10. The number of carboxylic acid groups (broad SMARTS) is 1. The minimum absolute atomic E-state index is 0.0147. The first-order valence-electron chi connectivity index (χ1n) is 11.8. The molecule has 182 valence electrons. The zero-order valence-electron chi connectivity index (χ0n) is 20.3. The molecule has 2 aromatic rings. The smallest absolute Gasteiger partial charge is 0.408 e. The number of carboxylic acids is 1. The zero-order valence-corrected chi connectivity index (χ0v) is 20.3. The maximum atomic E-state index is 13.3. The lowest BCUT2D eigenvalue weighted by Crippen LogP contribution is -2.59. The van der Waals surface area contributed by atoms with Gasteiger partial charge < -0.3 is 20.1 Å². The molecule has 34 heavy (non-hydrogen) atoms. The summed E-state index contributed by atoms with van der Waals surface area (Å²) in [5.41, 5.74) is 3.38. The van der Waals surface area contributed by atoms with Gasteiger partial charge in [-0.3, -0.25) is 9.59 Å². The van der Waals surface area contributed by atoms with Gasteiger partial charge in [0.05, 0.1) is 0 Å². The first-order chi connectivity index (χ1) is 16.2.